The third-order valence-corrected chi connectivity index (χ3v) is 4.00. The second-order valence-electron chi connectivity index (χ2n) is 5.35. The minimum absolute atomic E-state index is 0.182. The molecule has 6 heteroatoms. The lowest BCUT2D eigenvalue weighted by molar-refractivity contribution is 0.308. The molecule has 0 saturated heterocycles. The molecule has 0 spiro atoms. The van der Waals surface area contributed by atoms with Crippen LogP contribution < -0.4 is 10.7 Å². The number of hydrogen-bond donors (Lipinski definition) is 2. The molecule has 1 aliphatic carbocycles. The summed E-state index contributed by atoms with van der Waals surface area (Å²) in [6.07, 6.45) is 5.81. The van der Waals surface area contributed by atoms with Crippen molar-refractivity contribution >= 4 is 23.5 Å². The molecule has 2 atom stereocenters. The van der Waals surface area contributed by atoms with Gasteiger partial charge in [-0.25, -0.2) is 8.78 Å². The van der Waals surface area contributed by atoms with E-state index in [1.54, 1.807) is 0 Å². The Kier molecular flexibility index (Phi) is 5.61. The summed E-state index contributed by atoms with van der Waals surface area (Å²) in [4.78, 5) is 0. The molecule has 2 N–H and O–H groups in total. The van der Waals surface area contributed by atoms with Crippen molar-refractivity contribution < 1.29 is 8.78 Å². The van der Waals surface area contributed by atoms with Crippen LogP contribution in [0.5, 0.6) is 0 Å². The number of nitrogens with one attached hydrogen (secondary N) is 2. The van der Waals surface area contributed by atoms with Gasteiger partial charge >= 0.3 is 0 Å². The van der Waals surface area contributed by atoms with Crippen molar-refractivity contribution in [2.75, 3.05) is 0 Å². The van der Waals surface area contributed by atoms with Gasteiger partial charge in [0.1, 0.15) is 11.6 Å². The summed E-state index contributed by atoms with van der Waals surface area (Å²) >= 11 is 5.15. The Morgan fingerprint density at radius 3 is 2.62 bits per heavy atom. The number of thiocarbonyl (C=S) groups is 1. The second-order valence-corrected chi connectivity index (χ2v) is 5.76. The van der Waals surface area contributed by atoms with Crippen LogP contribution in [0.2, 0.25) is 0 Å². The molecule has 2 rings (SSSR count). The largest absolute Gasteiger partial charge is 0.358 e. The highest BCUT2D eigenvalue weighted by Gasteiger charge is 2.21. The van der Waals surface area contributed by atoms with Gasteiger partial charge in [-0.1, -0.05) is 25.8 Å². The SMILES string of the molecule is C[C@H]1CCCC[C@@H]1NC(=S)N/N=C\c1c(F)cccc1F. The first kappa shape index (κ1) is 15.8. The first-order chi connectivity index (χ1) is 10.1. The highest BCUT2D eigenvalue weighted by atomic mass is 32.1. The maximum Gasteiger partial charge on any atom is 0.187 e. The van der Waals surface area contributed by atoms with Gasteiger partial charge in [0, 0.05) is 6.04 Å². The maximum absolute atomic E-state index is 13.4. The molecule has 1 aliphatic rings. The van der Waals surface area contributed by atoms with Gasteiger partial charge in [-0.05, 0) is 43.1 Å². The predicted octanol–water partition coefficient (Wildman–Crippen LogP) is 3.34. The normalized spacial score (nSPS) is 22.2. The van der Waals surface area contributed by atoms with Gasteiger partial charge in [-0.3, -0.25) is 5.43 Å². The lowest BCUT2D eigenvalue weighted by Gasteiger charge is -2.30. The van der Waals surface area contributed by atoms with E-state index in [1.165, 1.54) is 37.5 Å². The van der Waals surface area contributed by atoms with Crippen molar-refractivity contribution in [3.05, 3.63) is 35.4 Å². The Balaban J connectivity index is 1.87. The smallest absolute Gasteiger partial charge is 0.187 e. The summed E-state index contributed by atoms with van der Waals surface area (Å²) in [5.74, 6) is -0.743. The standard InChI is InChI=1S/C15H19F2N3S/c1-10-5-2-3-8-14(10)19-15(21)20-18-9-11-12(16)6-4-7-13(11)17/h4,6-7,9-10,14H,2-3,5,8H2,1H3,(H2,19,20,21)/b18-9-/t10-,14-/m0/s1. The molecule has 1 saturated carbocycles. The zero-order chi connectivity index (χ0) is 15.2. The molecular weight excluding hydrogens is 292 g/mol. The average Bonchev–Trinajstić information content (AvgIpc) is 2.45. The van der Waals surface area contributed by atoms with E-state index in [2.05, 4.69) is 22.8 Å². The summed E-state index contributed by atoms with van der Waals surface area (Å²) in [6, 6.07) is 4.01. The van der Waals surface area contributed by atoms with Gasteiger partial charge < -0.3 is 5.32 Å². The molecule has 0 radical (unpaired) electrons. The number of hydrogen-bond acceptors (Lipinski definition) is 2. The van der Waals surface area contributed by atoms with Crippen LogP contribution in [0.1, 0.15) is 38.2 Å². The molecule has 0 heterocycles. The van der Waals surface area contributed by atoms with E-state index in [0.29, 0.717) is 17.1 Å². The molecule has 0 aromatic heterocycles. The fraction of sp³-hybridized carbons (Fsp3) is 0.467. The quantitative estimate of drug-likeness (QED) is 0.511. The van der Waals surface area contributed by atoms with E-state index in [-0.39, 0.29) is 5.56 Å². The van der Waals surface area contributed by atoms with Gasteiger partial charge in [0.05, 0.1) is 11.8 Å². The summed E-state index contributed by atoms with van der Waals surface area (Å²) in [7, 11) is 0. The van der Waals surface area contributed by atoms with E-state index < -0.39 is 11.6 Å². The van der Waals surface area contributed by atoms with Crippen LogP contribution in [0, 0.1) is 17.6 Å². The summed E-state index contributed by atoms with van der Waals surface area (Å²) in [5, 5.41) is 7.37. The fourth-order valence-corrected chi connectivity index (χ4v) is 2.72. The third-order valence-electron chi connectivity index (χ3n) is 3.79. The maximum atomic E-state index is 13.4. The second kappa shape index (κ2) is 7.45. The summed E-state index contributed by atoms with van der Waals surface area (Å²) in [5.41, 5.74) is 2.43. The van der Waals surface area contributed by atoms with Crippen LogP contribution in [0.15, 0.2) is 23.3 Å². The van der Waals surface area contributed by atoms with E-state index >= 15 is 0 Å². The molecule has 3 nitrogen and oxygen atoms in total. The van der Waals surface area contributed by atoms with Crippen molar-refractivity contribution in [2.45, 2.75) is 38.6 Å². The lowest BCUT2D eigenvalue weighted by Crippen LogP contribution is -2.44. The minimum Gasteiger partial charge on any atom is -0.358 e. The van der Waals surface area contributed by atoms with Gasteiger partial charge in [0.15, 0.2) is 5.11 Å². The van der Waals surface area contributed by atoms with Gasteiger partial charge in [-0.2, -0.15) is 5.10 Å². The van der Waals surface area contributed by atoms with Crippen LogP contribution in [-0.4, -0.2) is 17.4 Å². The summed E-state index contributed by atoms with van der Waals surface area (Å²) in [6.45, 7) is 2.19. The zero-order valence-electron chi connectivity index (χ0n) is 11.9. The third kappa shape index (κ3) is 4.46. The lowest BCUT2D eigenvalue weighted by atomic mass is 9.86. The molecule has 1 aromatic rings. The van der Waals surface area contributed by atoms with E-state index in [9.17, 15) is 8.78 Å². The fourth-order valence-electron chi connectivity index (χ4n) is 2.52. The average molecular weight is 311 g/mol. The highest BCUT2D eigenvalue weighted by Crippen LogP contribution is 2.23. The van der Waals surface area contributed by atoms with Crippen molar-refractivity contribution in [2.24, 2.45) is 11.0 Å². The Hall–Kier alpha value is -1.56. The van der Waals surface area contributed by atoms with Gasteiger partial charge in [-0.15, -0.1) is 0 Å². The molecule has 0 unspecified atom stereocenters. The van der Waals surface area contributed by atoms with Gasteiger partial charge in [0.25, 0.3) is 0 Å². The topological polar surface area (TPSA) is 36.4 Å². The zero-order valence-corrected chi connectivity index (χ0v) is 12.7. The van der Waals surface area contributed by atoms with E-state index in [4.69, 9.17) is 12.2 Å². The van der Waals surface area contributed by atoms with Crippen LogP contribution in [0.25, 0.3) is 0 Å². The summed E-state index contributed by atoms with van der Waals surface area (Å²) < 4.78 is 26.8. The number of benzene rings is 1. The Labute approximate surface area is 128 Å². The monoisotopic (exact) mass is 311 g/mol. The van der Waals surface area contributed by atoms with Crippen molar-refractivity contribution in [1.82, 2.24) is 10.7 Å². The Morgan fingerprint density at radius 1 is 1.29 bits per heavy atom. The Morgan fingerprint density at radius 2 is 1.95 bits per heavy atom. The van der Waals surface area contributed by atoms with E-state index in [0.717, 1.165) is 12.6 Å². The molecule has 0 bridgehead atoms. The number of halogens is 2. The Bertz CT molecular complexity index is 513. The minimum atomic E-state index is -0.652. The first-order valence-corrected chi connectivity index (χ1v) is 7.52. The molecule has 0 amide bonds. The van der Waals surface area contributed by atoms with Crippen LogP contribution in [-0.2, 0) is 0 Å². The van der Waals surface area contributed by atoms with Crippen LogP contribution >= 0.6 is 12.2 Å². The molecule has 21 heavy (non-hydrogen) atoms. The molecule has 0 aliphatic heterocycles. The predicted molar refractivity (Wildman–Crippen MR) is 84.2 cm³/mol. The van der Waals surface area contributed by atoms with Crippen LogP contribution in [0.3, 0.4) is 0 Å². The van der Waals surface area contributed by atoms with Crippen molar-refractivity contribution in [1.29, 1.82) is 0 Å². The number of rotatable bonds is 3. The highest BCUT2D eigenvalue weighted by molar-refractivity contribution is 7.80. The molecule has 1 fully saturated rings. The number of nitrogens with zero attached hydrogens (tertiary/aromatic N) is 1. The molecular formula is C15H19F2N3S. The first-order valence-electron chi connectivity index (χ1n) is 7.11. The van der Waals surface area contributed by atoms with E-state index in [1.807, 2.05) is 0 Å². The number of hydrazone groups is 1. The van der Waals surface area contributed by atoms with Crippen molar-refractivity contribution in [3.63, 3.8) is 0 Å². The van der Waals surface area contributed by atoms with Crippen LogP contribution in [0.4, 0.5) is 8.78 Å². The van der Waals surface area contributed by atoms with Gasteiger partial charge in [0.2, 0.25) is 0 Å². The van der Waals surface area contributed by atoms with Crippen molar-refractivity contribution in [3.8, 4) is 0 Å². The molecule has 1 aromatic carbocycles. The molecule has 114 valence electrons.